The summed E-state index contributed by atoms with van der Waals surface area (Å²) < 4.78 is 25.0. The summed E-state index contributed by atoms with van der Waals surface area (Å²) >= 11 is 1.12. The number of aromatic nitrogens is 3. The zero-order valence-corrected chi connectivity index (χ0v) is 18.8. The molecule has 1 amide bonds. The van der Waals surface area contributed by atoms with Gasteiger partial charge in [-0.25, -0.2) is 23.0 Å². The van der Waals surface area contributed by atoms with E-state index in [4.69, 9.17) is 0 Å². The van der Waals surface area contributed by atoms with Crippen molar-refractivity contribution in [3.63, 3.8) is 0 Å². The van der Waals surface area contributed by atoms with Crippen LogP contribution in [0.25, 0.3) is 16.7 Å². The maximum absolute atomic E-state index is 13.2. The van der Waals surface area contributed by atoms with E-state index in [9.17, 15) is 18.0 Å². The minimum Gasteiger partial charge on any atom is -0.349 e. The van der Waals surface area contributed by atoms with Gasteiger partial charge in [0.2, 0.25) is 5.91 Å². The average molecular weight is 459 g/mol. The fourth-order valence-corrected chi connectivity index (χ4v) is 6.57. The lowest BCUT2D eigenvalue weighted by Crippen LogP contribution is -2.47. The van der Waals surface area contributed by atoms with E-state index in [1.165, 1.54) is 4.57 Å². The molecule has 1 N–H and O–H groups in total. The first-order valence-electron chi connectivity index (χ1n) is 9.76. The third-order valence-electron chi connectivity index (χ3n) is 5.12. The first kappa shape index (κ1) is 21.5. The van der Waals surface area contributed by atoms with E-state index in [2.05, 4.69) is 15.3 Å². The maximum Gasteiger partial charge on any atom is 0.267 e. The van der Waals surface area contributed by atoms with E-state index < -0.39 is 15.4 Å². The Kier molecular flexibility index (Phi) is 5.61. The van der Waals surface area contributed by atoms with Crippen LogP contribution >= 0.6 is 11.8 Å². The molecule has 0 spiro atoms. The average Bonchev–Trinajstić information content (AvgIpc) is 2.99. The SMILES string of the molecule is Cc1cccc(-n2c(SCC(=O)N[C@]3(C)CCS(=O)(=O)C3)nc3ccccc3c2=O)n1. The molecule has 1 aromatic carbocycles. The number of amides is 1. The van der Waals surface area contributed by atoms with Crippen LogP contribution in [0, 0.1) is 6.92 Å². The van der Waals surface area contributed by atoms with Gasteiger partial charge >= 0.3 is 0 Å². The van der Waals surface area contributed by atoms with Crippen LogP contribution in [0.4, 0.5) is 0 Å². The van der Waals surface area contributed by atoms with Crippen LogP contribution in [0.15, 0.2) is 52.4 Å². The topological polar surface area (TPSA) is 111 Å². The number of fused-ring (bicyclic) bond motifs is 1. The number of benzene rings is 1. The Hall–Kier alpha value is -2.72. The highest BCUT2D eigenvalue weighted by molar-refractivity contribution is 7.99. The van der Waals surface area contributed by atoms with Crippen molar-refractivity contribution in [1.29, 1.82) is 0 Å². The third-order valence-corrected chi connectivity index (χ3v) is 7.97. The number of aryl methyl sites for hydroxylation is 1. The van der Waals surface area contributed by atoms with Gasteiger partial charge in [-0.15, -0.1) is 0 Å². The van der Waals surface area contributed by atoms with E-state index in [1.807, 2.05) is 19.1 Å². The zero-order valence-electron chi connectivity index (χ0n) is 17.2. The molecule has 0 radical (unpaired) electrons. The van der Waals surface area contributed by atoms with E-state index in [0.717, 1.165) is 17.5 Å². The molecule has 1 saturated heterocycles. The molecule has 0 saturated carbocycles. The van der Waals surface area contributed by atoms with Gasteiger partial charge in [0, 0.05) is 5.69 Å². The van der Waals surface area contributed by atoms with Crippen molar-refractivity contribution in [2.75, 3.05) is 17.3 Å². The van der Waals surface area contributed by atoms with Crippen LogP contribution in [0.2, 0.25) is 0 Å². The standard InChI is InChI=1S/C21H22N4O4S2/c1-14-6-5-9-17(22-14)25-19(27)15-7-3-4-8-16(15)23-20(25)30-12-18(26)24-21(2)10-11-31(28,29)13-21/h3-9H,10-13H2,1-2H3,(H,24,26)/t21-/m1/s1. The molecule has 0 bridgehead atoms. The van der Waals surface area contributed by atoms with Crippen LogP contribution in [0.3, 0.4) is 0 Å². The van der Waals surface area contributed by atoms with Gasteiger partial charge in [-0.3, -0.25) is 9.59 Å². The Morgan fingerprint density at radius 1 is 1.19 bits per heavy atom. The monoisotopic (exact) mass is 458 g/mol. The number of rotatable bonds is 5. The number of pyridine rings is 1. The lowest BCUT2D eigenvalue weighted by Gasteiger charge is -2.23. The van der Waals surface area contributed by atoms with Gasteiger partial charge in [0.15, 0.2) is 15.0 Å². The molecule has 0 aliphatic carbocycles. The van der Waals surface area contributed by atoms with E-state index in [-0.39, 0.29) is 28.7 Å². The number of hydrogen-bond acceptors (Lipinski definition) is 7. The predicted molar refractivity (Wildman–Crippen MR) is 120 cm³/mol. The number of hydrogen-bond donors (Lipinski definition) is 1. The number of nitrogens with one attached hydrogen (secondary N) is 1. The van der Waals surface area contributed by atoms with Gasteiger partial charge in [0.25, 0.3) is 5.56 Å². The molecule has 1 atom stereocenters. The molecular formula is C21H22N4O4S2. The Labute approximate surface area is 184 Å². The Balaban J connectivity index is 1.65. The summed E-state index contributed by atoms with van der Waals surface area (Å²) in [5.41, 5.74) is 0.251. The number of sulfone groups is 1. The molecule has 3 heterocycles. The second kappa shape index (κ2) is 8.08. The number of nitrogens with zero attached hydrogens (tertiary/aromatic N) is 3. The molecule has 31 heavy (non-hydrogen) atoms. The highest BCUT2D eigenvalue weighted by Crippen LogP contribution is 2.24. The minimum absolute atomic E-state index is 0.00770. The molecule has 1 aliphatic heterocycles. The van der Waals surface area contributed by atoms with Crippen LogP contribution in [-0.4, -0.2) is 51.7 Å². The number of para-hydroxylation sites is 1. The van der Waals surface area contributed by atoms with Gasteiger partial charge in [-0.2, -0.15) is 0 Å². The summed E-state index contributed by atoms with van der Waals surface area (Å²) in [7, 11) is -3.13. The van der Waals surface area contributed by atoms with Crippen molar-refractivity contribution in [2.24, 2.45) is 0 Å². The number of thioether (sulfide) groups is 1. The molecule has 4 rings (SSSR count). The van der Waals surface area contributed by atoms with Crippen molar-refractivity contribution in [2.45, 2.75) is 31.0 Å². The minimum atomic E-state index is -3.13. The summed E-state index contributed by atoms with van der Waals surface area (Å²) in [5.74, 6) is 0.118. The molecule has 2 aromatic heterocycles. The molecule has 162 valence electrons. The van der Waals surface area contributed by atoms with E-state index >= 15 is 0 Å². The number of carbonyl (C=O) groups excluding carboxylic acids is 1. The smallest absolute Gasteiger partial charge is 0.267 e. The second-order valence-corrected chi connectivity index (χ2v) is 11.1. The van der Waals surface area contributed by atoms with Crippen molar-refractivity contribution < 1.29 is 13.2 Å². The lowest BCUT2D eigenvalue weighted by atomic mass is 10.0. The second-order valence-electron chi connectivity index (χ2n) is 7.93. The van der Waals surface area contributed by atoms with Crippen LogP contribution in [-0.2, 0) is 14.6 Å². The van der Waals surface area contributed by atoms with E-state index in [1.54, 1.807) is 37.3 Å². The Morgan fingerprint density at radius 2 is 1.97 bits per heavy atom. The molecule has 10 heteroatoms. The molecule has 1 fully saturated rings. The molecule has 3 aromatic rings. The quantitative estimate of drug-likeness (QED) is 0.459. The van der Waals surface area contributed by atoms with Gasteiger partial charge < -0.3 is 5.32 Å². The normalized spacial score (nSPS) is 20.1. The fourth-order valence-electron chi connectivity index (χ4n) is 3.68. The van der Waals surface area contributed by atoms with Gasteiger partial charge in [-0.1, -0.05) is 30.0 Å². The Morgan fingerprint density at radius 3 is 2.68 bits per heavy atom. The molecule has 0 unspecified atom stereocenters. The summed E-state index contributed by atoms with van der Waals surface area (Å²) in [4.78, 5) is 34.8. The van der Waals surface area contributed by atoms with Crippen molar-refractivity contribution >= 4 is 38.4 Å². The van der Waals surface area contributed by atoms with Gasteiger partial charge in [-0.05, 0) is 44.5 Å². The first-order chi connectivity index (χ1) is 14.7. The summed E-state index contributed by atoms with van der Waals surface area (Å²) in [5, 5.41) is 3.64. The number of carbonyl (C=O) groups is 1. The molecule has 8 nitrogen and oxygen atoms in total. The van der Waals surface area contributed by atoms with Crippen molar-refractivity contribution in [3.8, 4) is 5.82 Å². The molecular weight excluding hydrogens is 436 g/mol. The van der Waals surface area contributed by atoms with Crippen molar-refractivity contribution in [1.82, 2.24) is 19.9 Å². The summed E-state index contributed by atoms with van der Waals surface area (Å²) in [6, 6.07) is 12.4. The first-order valence-corrected chi connectivity index (χ1v) is 12.6. The molecule has 1 aliphatic rings. The van der Waals surface area contributed by atoms with Gasteiger partial charge in [0.05, 0.1) is 33.7 Å². The lowest BCUT2D eigenvalue weighted by molar-refractivity contribution is -0.120. The van der Waals surface area contributed by atoms with Crippen molar-refractivity contribution in [3.05, 3.63) is 58.5 Å². The fraction of sp³-hybridized carbons (Fsp3) is 0.333. The largest absolute Gasteiger partial charge is 0.349 e. The maximum atomic E-state index is 13.2. The van der Waals surface area contributed by atoms with Crippen LogP contribution in [0.5, 0.6) is 0 Å². The van der Waals surface area contributed by atoms with E-state index in [0.29, 0.717) is 28.3 Å². The highest BCUT2D eigenvalue weighted by atomic mass is 32.2. The summed E-state index contributed by atoms with van der Waals surface area (Å²) in [6.07, 6.45) is 0.387. The van der Waals surface area contributed by atoms with Crippen LogP contribution < -0.4 is 10.9 Å². The zero-order chi connectivity index (χ0) is 22.2. The predicted octanol–water partition coefficient (Wildman–Crippen LogP) is 1.87. The van der Waals surface area contributed by atoms with Crippen LogP contribution in [0.1, 0.15) is 19.0 Å². The Bertz CT molecular complexity index is 1340. The highest BCUT2D eigenvalue weighted by Gasteiger charge is 2.39. The summed E-state index contributed by atoms with van der Waals surface area (Å²) in [6.45, 7) is 3.57. The third kappa shape index (κ3) is 4.64. The van der Waals surface area contributed by atoms with Gasteiger partial charge in [0.1, 0.15) is 5.82 Å².